The molecule has 0 atom stereocenters. The van der Waals surface area contributed by atoms with Gasteiger partial charge >= 0.3 is 0 Å². The van der Waals surface area contributed by atoms with Crippen LogP contribution < -0.4 is 0 Å². The van der Waals surface area contributed by atoms with Crippen LogP contribution in [0.3, 0.4) is 0 Å². The number of hydrogen-bond acceptors (Lipinski definition) is 4. The molecule has 0 N–H and O–H groups in total. The number of aromatic nitrogens is 1. The highest BCUT2D eigenvalue weighted by molar-refractivity contribution is 7.89. The van der Waals surface area contributed by atoms with Crippen LogP contribution in [0.25, 0.3) is 0 Å². The molecule has 0 fully saturated rings. The standard InChI is InChI=1S/C17H21FN2O3S/c1-11-5-6-12(9-13(11)18)24(21,22)20-8-7-15-14(10-20)19-16(23-15)17(2,3)4/h5-6,9H,7-8,10H2,1-4H3. The van der Waals surface area contributed by atoms with E-state index in [9.17, 15) is 12.8 Å². The lowest BCUT2D eigenvalue weighted by Gasteiger charge is -2.24. The van der Waals surface area contributed by atoms with Crippen molar-refractivity contribution in [1.29, 1.82) is 0 Å². The molecular weight excluding hydrogens is 331 g/mol. The minimum atomic E-state index is -3.76. The zero-order valence-corrected chi connectivity index (χ0v) is 15.1. The van der Waals surface area contributed by atoms with Gasteiger partial charge < -0.3 is 4.42 Å². The first kappa shape index (κ1) is 17.1. The quantitative estimate of drug-likeness (QED) is 0.833. The lowest BCUT2D eigenvalue weighted by molar-refractivity contribution is 0.338. The zero-order valence-electron chi connectivity index (χ0n) is 14.3. The van der Waals surface area contributed by atoms with Crippen LogP contribution in [-0.2, 0) is 28.4 Å². The summed E-state index contributed by atoms with van der Waals surface area (Å²) in [5, 5.41) is 0. The van der Waals surface area contributed by atoms with E-state index >= 15 is 0 Å². The van der Waals surface area contributed by atoms with E-state index in [1.807, 2.05) is 20.8 Å². The summed E-state index contributed by atoms with van der Waals surface area (Å²) in [6.07, 6.45) is 0.464. The highest BCUT2D eigenvalue weighted by atomic mass is 32.2. The fourth-order valence-electron chi connectivity index (χ4n) is 2.58. The van der Waals surface area contributed by atoms with E-state index < -0.39 is 15.8 Å². The Bertz CT molecular complexity index is 882. The molecule has 0 spiro atoms. The molecule has 2 heterocycles. The maximum atomic E-state index is 13.7. The molecular formula is C17H21FN2O3S. The Labute approximate surface area is 141 Å². The summed E-state index contributed by atoms with van der Waals surface area (Å²) in [5.41, 5.74) is 0.824. The summed E-state index contributed by atoms with van der Waals surface area (Å²) in [4.78, 5) is 4.43. The zero-order chi connectivity index (χ0) is 17.7. The fraction of sp³-hybridized carbons (Fsp3) is 0.471. The number of fused-ring (bicyclic) bond motifs is 1. The van der Waals surface area contributed by atoms with Crippen molar-refractivity contribution in [2.45, 2.75) is 51.0 Å². The highest BCUT2D eigenvalue weighted by Crippen LogP contribution is 2.30. The lowest BCUT2D eigenvalue weighted by atomic mass is 9.97. The van der Waals surface area contributed by atoms with Gasteiger partial charge in [-0.1, -0.05) is 26.8 Å². The van der Waals surface area contributed by atoms with Crippen LogP contribution >= 0.6 is 0 Å². The summed E-state index contributed by atoms with van der Waals surface area (Å²) < 4.78 is 46.4. The van der Waals surface area contributed by atoms with Crippen molar-refractivity contribution in [3.05, 3.63) is 46.9 Å². The minimum absolute atomic E-state index is 0.0337. The van der Waals surface area contributed by atoms with E-state index in [2.05, 4.69) is 4.98 Å². The summed E-state index contributed by atoms with van der Waals surface area (Å²) in [6.45, 7) is 8.02. The third-order valence-corrected chi connectivity index (χ3v) is 5.96. The van der Waals surface area contributed by atoms with E-state index in [1.165, 1.54) is 16.4 Å². The second-order valence-corrected chi connectivity index (χ2v) is 9.08. The number of hydrogen-bond donors (Lipinski definition) is 0. The molecule has 7 heteroatoms. The smallest absolute Gasteiger partial charge is 0.243 e. The maximum Gasteiger partial charge on any atom is 0.243 e. The molecule has 1 aliphatic rings. The molecule has 0 aliphatic carbocycles. The maximum absolute atomic E-state index is 13.7. The Morgan fingerprint density at radius 1 is 1.29 bits per heavy atom. The highest BCUT2D eigenvalue weighted by Gasteiger charge is 2.33. The number of rotatable bonds is 2. The van der Waals surface area contributed by atoms with Gasteiger partial charge in [0.25, 0.3) is 0 Å². The van der Waals surface area contributed by atoms with Crippen LogP contribution in [0.2, 0.25) is 0 Å². The molecule has 0 unspecified atom stereocenters. The van der Waals surface area contributed by atoms with Gasteiger partial charge in [-0.25, -0.2) is 17.8 Å². The normalized spacial score (nSPS) is 16.2. The van der Waals surface area contributed by atoms with Gasteiger partial charge in [0.15, 0.2) is 5.89 Å². The van der Waals surface area contributed by atoms with Crippen molar-refractivity contribution in [2.24, 2.45) is 0 Å². The molecule has 1 aromatic heterocycles. The number of nitrogens with zero attached hydrogens (tertiary/aromatic N) is 2. The third kappa shape index (κ3) is 2.98. The molecule has 2 aromatic rings. The van der Waals surface area contributed by atoms with Gasteiger partial charge in [0.2, 0.25) is 10.0 Å². The third-order valence-electron chi connectivity index (χ3n) is 4.12. The van der Waals surface area contributed by atoms with E-state index in [1.54, 1.807) is 6.92 Å². The molecule has 5 nitrogen and oxygen atoms in total. The Morgan fingerprint density at radius 3 is 2.62 bits per heavy atom. The van der Waals surface area contributed by atoms with Crippen LogP contribution in [0.4, 0.5) is 4.39 Å². The summed E-state index contributed by atoms with van der Waals surface area (Å²) in [5.74, 6) is 0.819. The van der Waals surface area contributed by atoms with Gasteiger partial charge in [0, 0.05) is 18.4 Å². The predicted octanol–water partition coefficient (Wildman–Crippen LogP) is 3.17. The number of halogens is 1. The summed E-state index contributed by atoms with van der Waals surface area (Å²) in [6, 6.07) is 3.99. The van der Waals surface area contributed by atoms with Crippen LogP contribution in [0.15, 0.2) is 27.5 Å². The van der Waals surface area contributed by atoms with E-state index in [0.717, 1.165) is 11.8 Å². The monoisotopic (exact) mass is 352 g/mol. The number of oxazole rings is 1. The van der Waals surface area contributed by atoms with Gasteiger partial charge in [0.05, 0.1) is 17.1 Å². The molecule has 1 aliphatic heterocycles. The molecule has 0 saturated carbocycles. The average Bonchev–Trinajstić information content (AvgIpc) is 2.93. The number of sulfonamides is 1. The molecule has 130 valence electrons. The van der Waals surface area contributed by atoms with Gasteiger partial charge in [-0.2, -0.15) is 4.31 Å². The molecule has 0 bridgehead atoms. The van der Waals surface area contributed by atoms with Crippen molar-refractivity contribution in [3.8, 4) is 0 Å². The minimum Gasteiger partial charge on any atom is -0.445 e. The first-order chi connectivity index (χ1) is 11.1. The Balaban J connectivity index is 1.91. The van der Waals surface area contributed by atoms with Crippen molar-refractivity contribution in [3.63, 3.8) is 0 Å². The SMILES string of the molecule is Cc1ccc(S(=O)(=O)N2CCc3oc(C(C)(C)C)nc3C2)cc1F. The Morgan fingerprint density at radius 2 is 2.00 bits per heavy atom. The van der Waals surface area contributed by atoms with Crippen LogP contribution in [0.1, 0.15) is 43.7 Å². The Kier molecular flexibility index (Phi) is 4.04. The van der Waals surface area contributed by atoms with Crippen molar-refractivity contribution in [1.82, 2.24) is 9.29 Å². The van der Waals surface area contributed by atoms with Crippen LogP contribution in [0, 0.1) is 12.7 Å². The second-order valence-electron chi connectivity index (χ2n) is 7.14. The molecule has 0 amide bonds. The van der Waals surface area contributed by atoms with Gasteiger partial charge in [0.1, 0.15) is 11.6 Å². The molecule has 1 aromatic carbocycles. The fourth-order valence-corrected chi connectivity index (χ4v) is 4.00. The predicted molar refractivity (Wildman–Crippen MR) is 87.6 cm³/mol. The summed E-state index contributed by atoms with van der Waals surface area (Å²) >= 11 is 0. The lowest BCUT2D eigenvalue weighted by Crippen LogP contribution is -2.35. The first-order valence-corrected chi connectivity index (χ1v) is 9.28. The molecule has 0 radical (unpaired) electrons. The largest absolute Gasteiger partial charge is 0.445 e. The van der Waals surface area contributed by atoms with Gasteiger partial charge in [-0.15, -0.1) is 0 Å². The van der Waals surface area contributed by atoms with Crippen LogP contribution in [-0.4, -0.2) is 24.3 Å². The van der Waals surface area contributed by atoms with E-state index in [0.29, 0.717) is 30.1 Å². The van der Waals surface area contributed by atoms with Gasteiger partial charge in [-0.05, 0) is 24.6 Å². The van der Waals surface area contributed by atoms with E-state index in [-0.39, 0.29) is 16.9 Å². The second kappa shape index (κ2) is 5.67. The van der Waals surface area contributed by atoms with Crippen molar-refractivity contribution < 1.29 is 17.2 Å². The molecule has 0 saturated heterocycles. The summed E-state index contributed by atoms with van der Waals surface area (Å²) in [7, 11) is -3.76. The van der Waals surface area contributed by atoms with Gasteiger partial charge in [-0.3, -0.25) is 0 Å². The molecule has 24 heavy (non-hydrogen) atoms. The van der Waals surface area contributed by atoms with Crippen molar-refractivity contribution in [2.75, 3.05) is 6.54 Å². The number of benzene rings is 1. The average molecular weight is 352 g/mol. The Hall–Kier alpha value is -1.73. The topological polar surface area (TPSA) is 63.4 Å². The van der Waals surface area contributed by atoms with Crippen LogP contribution in [0.5, 0.6) is 0 Å². The number of aryl methyl sites for hydroxylation is 1. The first-order valence-electron chi connectivity index (χ1n) is 7.84. The molecule has 3 rings (SSSR count). The van der Waals surface area contributed by atoms with Crippen molar-refractivity contribution >= 4 is 10.0 Å². The van der Waals surface area contributed by atoms with E-state index in [4.69, 9.17) is 4.42 Å².